The number of hydrogen-bond acceptors (Lipinski definition) is 0. The van der Waals surface area contributed by atoms with Gasteiger partial charge < -0.3 is 0 Å². The van der Waals surface area contributed by atoms with E-state index in [9.17, 15) is 0 Å². The molecule has 0 aromatic carbocycles. The van der Waals surface area contributed by atoms with Crippen molar-refractivity contribution in [3.63, 3.8) is 0 Å². The van der Waals surface area contributed by atoms with Gasteiger partial charge in [0.15, 0.2) is 6.90 Å². The third-order valence-electron chi connectivity index (χ3n) is 1.64. The Morgan fingerprint density at radius 1 is 1.00 bits per heavy atom. The van der Waals surface area contributed by atoms with Gasteiger partial charge in [-0.3, -0.25) is 0 Å². The second kappa shape index (κ2) is 4.54. The standard InChI is InChI=1S/C8H13ClSi2/c1-5-10(6-2)11(9,7-3)8-4/h5-8,10H,1-4H2. The Morgan fingerprint density at radius 3 is 1.45 bits per heavy atom. The van der Waals surface area contributed by atoms with Crippen molar-refractivity contribution in [1.82, 2.24) is 0 Å². The predicted molar refractivity (Wildman–Crippen MR) is 59.5 cm³/mol. The molecule has 0 nitrogen and oxygen atoms in total. The van der Waals surface area contributed by atoms with E-state index in [1.807, 2.05) is 22.8 Å². The molecule has 60 valence electrons. The normalized spacial score (nSPS) is 10.7. The van der Waals surface area contributed by atoms with Gasteiger partial charge in [-0.2, -0.15) is 11.1 Å². The molecule has 0 rings (SSSR count). The fourth-order valence-electron chi connectivity index (χ4n) is 0.813. The summed E-state index contributed by atoms with van der Waals surface area (Å²) in [5, 5.41) is 0. The minimum atomic E-state index is -1.92. The van der Waals surface area contributed by atoms with Gasteiger partial charge >= 0.3 is 0 Å². The maximum absolute atomic E-state index is 6.30. The summed E-state index contributed by atoms with van der Waals surface area (Å²) < 4.78 is 0. The molecule has 0 fully saturated rings. The van der Waals surface area contributed by atoms with Gasteiger partial charge in [-0.15, -0.1) is 37.7 Å². The summed E-state index contributed by atoms with van der Waals surface area (Å²) >= 11 is 6.30. The lowest BCUT2D eigenvalue weighted by Crippen LogP contribution is -2.40. The number of rotatable bonds is 5. The zero-order chi connectivity index (χ0) is 8.91. The summed E-state index contributed by atoms with van der Waals surface area (Å²) in [6.45, 7) is 13.0. The molecule has 0 aromatic heterocycles. The molecule has 0 bridgehead atoms. The molecule has 3 heteroatoms. The second-order valence-corrected chi connectivity index (χ2v) is 14.6. The first-order valence-electron chi connectivity index (χ1n) is 3.35. The summed E-state index contributed by atoms with van der Waals surface area (Å²) in [4.78, 5) is 0. The third kappa shape index (κ3) is 2.32. The first kappa shape index (κ1) is 10.7. The van der Waals surface area contributed by atoms with Crippen LogP contribution in [0, 0.1) is 0 Å². The van der Waals surface area contributed by atoms with E-state index in [1.54, 1.807) is 0 Å². The summed E-state index contributed by atoms with van der Waals surface area (Å²) in [5.41, 5.74) is 7.52. The Bertz CT molecular complexity index is 171. The van der Waals surface area contributed by atoms with Crippen molar-refractivity contribution in [2.75, 3.05) is 0 Å². The van der Waals surface area contributed by atoms with Crippen molar-refractivity contribution < 1.29 is 0 Å². The van der Waals surface area contributed by atoms with Crippen LogP contribution in [-0.4, -0.2) is 15.2 Å². The Kier molecular flexibility index (Phi) is 4.41. The van der Waals surface area contributed by atoms with Crippen LogP contribution in [0.2, 0.25) is 0 Å². The minimum Gasteiger partial charge on any atom is -0.159 e. The van der Waals surface area contributed by atoms with E-state index >= 15 is 0 Å². The molecule has 0 atom stereocenters. The fraction of sp³-hybridized carbons (Fsp3) is 0. The lowest BCUT2D eigenvalue weighted by molar-refractivity contribution is 2.26. The van der Waals surface area contributed by atoms with Crippen molar-refractivity contribution in [2.24, 2.45) is 0 Å². The molecule has 0 N–H and O–H groups in total. The molecule has 0 spiro atoms. The van der Waals surface area contributed by atoms with Gasteiger partial charge in [-0.25, -0.2) is 0 Å². The van der Waals surface area contributed by atoms with Gasteiger partial charge in [0, 0.05) is 0 Å². The monoisotopic (exact) mass is 200 g/mol. The van der Waals surface area contributed by atoms with E-state index in [1.165, 1.54) is 0 Å². The van der Waals surface area contributed by atoms with Crippen LogP contribution >= 0.6 is 11.1 Å². The lowest BCUT2D eigenvalue weighted by Gasteiger charge is -2.19. The second-order valence-electron chi connectivity index (χ2n) is 2.23. The average Bonchev–Trinajstić information content (AvgIpc) is 2.06. The molecule has 0 heterocycles. The molecule has 0 unspecified atom stereocenters. The van der Waals surface area contributed by atoms with Crippen LogP contribution < -0.4 is 0 Å². The molecule has 0 saturated carbocycles. The van der Waals surface area contributed by atoms with E-state index in [-0.39, 0.29) is 0 Å². The molecular formula is C8H13ClSi2. The molecule has 0 aliphatic carbocycles. The Balaban J connectivity index is 4.70. The summed E-state index contributed by atoms with van der Waals surface area (Å²) in [5.74, 6) is 0. The highest BCUT2D eigenvalue weighted by molar-refractivity contribution is 7.59. The zero-order valence-electron chi connectivity index (χ0n) is 6.59. The van der Waals surface area contributed by atoms with Crippen molar-refractivity contribution >= 4 is 26.3 Å². The summed E-state index contributed by atoms with van der Waals surface area (Å²) in [6, 6.07) is 0. The van der Waals surface area contributed by atoms with Gasteiger partial charge in [0.2, 0.25) is 0 Å². The first-order chi connectivity index (χ1) is 5.14. The highest BCUT2D eigenvalue weighted by Crippen LogP contribution is 2.16. The van der Waals surface area contributed by atoms with Crippen LogP contribution in [0.4, 0.5) is 0 Å². The summed E-state index contributed by atoms with van der Waals surface area (Å²) in [6.07, 6.45) is 0. The van der Waals surface area contributed by atoms with Gasteiger partial charge in [0.25, 0.3) is 0 Å². The highest BCUT2D eigenvalue weighted by Gasteiger charge is 2.30. The quantitative estimate of drug-likeness (QED) is 0.473. The molecule has 0 radical (unpaired) electrons. The molecular weight excluding hydrogens is 188 g/mol. The molecule has 11 heavy (non-hydrogen) atoms. The molecule has 0 aromatic rings. The smallest absolute Gasteiger partial charge is 0.159 e. The maximum atomic E-state index is 6.30. The van der Waals surface area contributed by atoms with Crippen LogP contribution in [0.15, 0.2) is 49.1 Å². The lowest BCUT2D eigenvalue weighted by atomic mass is 11.2. The van der Waals surface area contributed by atoms with Gasteiger partial charge in [0.05, 0.1) is 0 Å². The summed E-state index contributed by atoms with van der Waals surface area (Å²) in [7, 11) is -1.23. The molecule has 0 aliphatic heterocycles. The average molecular weight is 201 g/mol. The Hall–Kier alpha value is -0.316. The van der Waals surface area contributed by atoms with E-state index in [0.29, 0.717) is 0 Å². The van der Waals surface area contributed by atoms with Crippen LogP contribution in [0.5, 0.6) is 0 Å². The van der Waals surface area contributed by atoms with E-state index in [0.717, 1.165) is 0 Å². The first-order valence-corrected chi connectivity index (χ1v) is 9.66. The number of hydrogen-bond donors (Lipinski definition) is 0. The van der Waals surface area contributed by atoms with E-state index in [2.05, 4.69) is 26.3 Å². The number of halogens is 1. The Labute approximate surface area is 75.7 Å². The van der Waals surface area contributed by atoms with Gasteiger partial charge in [-0.1, -0.05) is 11.4 Å². The van der Waals surface area contributed by atoms with Crippen LogP contribution in [-0.2, 0) is 0 Å². The molecule has 0 saturated heterocycles. The van der Waals surface area contributed by atoms with Crippen molar-refractivity contribution in [3.8, 4) is 0 Å². The van der Waals surface area contributed by atoms with E-state index in [4.69, 9.17) is 11.1 Å². The Morgan fingerprint density at radius 2 is 1.36 bits per heavy atom. The third-order valence-corrected chi connectivity index (χ3v) is 14.0. The van der Waals surface area contributed by atoms with E-state index < -0.39 is 15.2 Å². The maximum Gasteiger partial charge on any atom is 0.196 e. The van der Waals surface area contributed by atoms with Crippen molar-refractivity contribution in [1.29, 1.82) is 0 Å². The van der Waals surface area contributed by atoms with Crippen molar-refractivity contribution in [3.05, 3.63) is 49.1 Å². The zero-order valence-corrected chi connectivity index (χ0v) is 9.50. The topological polar surface area (TPSA) is 0 Å². The van der Waals surface area contributed by atoms with Crippen LogP contribution in [0.3, 0.4) is 0 Å². The molecule has 0 amide bonds. The largest absolute Gasteiger partial charge is 0.196 e. The molecule has 0 aliphatic rings. The highest BCUT2D eigenvalue weighted by atomic mass is 35.6. The SMILES string of the molecule is C=C[SiH](C=C)[Si](Cl)(C=C)C=C. The van der Waals surface area contributed by atoms with Crippen molar-refractivity contribution in [2.45, 2.75) is 0 Å². The van der Waals surface area contributed by atoms with Crippen LogP contribution in [0.1, 0.15) is 0 Å². The fourth-order valence-corrected chi connectivity index (χ4v) is 7.84. The van der Waals surface area contributed by atoms with Gasteiger partial charge in [0.1, 0.15) is 8.31 Å². The predicted octanol–water partition coefficient (Wildman–Crippen LogP) is 2.38. The van der Waals surface area contributed by atoms with Gasteiger partial charge in [-0.05, 0) is 0 Å². The minimum absolute atomic E-state index is 1.23. The van der Waals surface area contributed by atoms with Crippen LogP contribution in [0.25, 0.3) is 0 Å².